The Balaban J connectivity index is 1.78. The van der Waals surface area contributed by atoms with E-state index in [1.807, 2.05) is 14.1 Å². The SMILES string of the molecule is CN(C)c1nc(C2CCN(C(=O)c3ccn[nH]3)C2)cc(=O)[nH]1. The molecule has 0 spiro atoms. The molecule has 116 valence electrons. The Labute approximate surface area is 127 Å². The van der Waals surface area contributed by atoms with Gasteiger partial charge in [0.15, 0.2) is 0 Å². The van der Waals surface area contributed by atoms with Gasteiger partial charge in [0.2, 0.25) is 5.95 Å². The maximum atomic E-state index is 12.3. The average molecular weight is 302 g/mol. The lowest BCUT2D eigenvalue weighted by Crippen LogP contribution is -2.29. The van der Waals surface area contributed by atoms with Crippen molar-refractivity contribution in [1.29, 1.82) is 0 Å². The standard InChI is InChI=1S/C14H18N6O2/c1-19(2)14-16-11(7-12(21)17-14)9-4-6-20(8-9)13(22)10-3-5-15-18-10/h3,5,7,9H,4,6,8H2,1-2H3,(H,15,18)(H,16,17,21). The summed E-state index contributed by atoms with van der Waals surface area (Å²) in [5, 5.41) is 6.48. The topological polar surface area (TPSA) is 98.0 Å². The molecule has 3 heterocycles. The van der Waals surface area contributed by atoms with Crippen molar-refractivity contribution in [2.75, 3.05) is 32.1 Å². The molecule has 0 aromatic carbocycles. The van der Waals surface area contributed by atoms with Crippen LogP contribution in [0.4, 0.5) is 5.95 Å². The van der Waals surface area contributed by atoms with Crippen LogP contribution in [-0.4, -0.2) is 58.2 Å². The van der Waals surface area contributed by atoms with Crippen LogP contribution in [0, 0.1) is 0 Å². The number of likely N-dealkylation sites (tertiary alicyclic amines) is 1. The van der Waals surface area contributed by atoms with Gasteiger partial charge in [0.05, 0.1) is 5.69 Å². The molecule has 8 nitrogen and oxygen atoms in total. The quantitative estimate of drug-likeness (QED) is 0.843. The fraction of sp³-hybridized carbons (Fsp3) is 0.429. The van der Waals surface area contributed by atoms with Crippen LogP contribution < -0.4 is 10.5 Å². The maximum Gasteiger partial charge on any atom is 0.271 e. The van der Waals surface area contributed by atoms with Gasteiger partial charge in [-0.05, 0) is 12.5 Å². The lowest BCUT2D eigenvalue weighted by molar-refractivity contribution is 0.0785. The van der Waals surface area contributed by atoms with E-state index in [1.54, 1.807) is 22.1 Å². The minimum absolute atomic E-state index is 0.0716. The summed E-state index contributed by atoms with van der Waals surface area (Å²) in [6.07, 6.45) is 2.35. The van der Waals surface area contributed by atoms with E-state index in [0.29, 0.717) is 24.7 Å². The van der Waals surface area contributed by atoms with Crippen molar-refractivity contribution < 1.29 is 4.79 Å². The second kappa shape index (κ2) is 5.63. The molecule has 2 aromatic rings. The number of hydrogen-bond donors (Lipinski definition) is 2. The maximum absolute atomic E-state index is 12.3. The van der Waals surface area contributed by atoms with E-state index in [4.69, 9.17) is 0 Å². The lowest BCUT2D eigenvalue weighted by atomic mass is 10.1. The molecule has 0 saturated carbocycles. The fourth-order valence-electron chi connectivity index (χ4n) is 2.62. The molecule has 22 heavy (non-hydrogen) atoms. The van der Waals surface area contributed by atoms with Crippen LogP contribution in [0.2, 0.25) is 0 Å². The van der Waals surface area contributed by atoms with Crippen LogP contribution in [0.3, 0.4) is 0 Å². The first-order valence-electron chi connectivity index (χ1n) is 7.12. The number of amides is 1. The van der Waals surface area contributed by atoms with Crippen LogP contribution in [0.1, 0.15) is 28.5 Å². The van der Waals surface area contributed by atoms with E-state index in [2.05, 4.69) is 20.2 Å². The number of hydrogen-bond acceptors (Lipinski definition) is 5. The molecule has 1 unspecified atom stereocenters. The number of nitrogens with zero attached hydrogens (tertiary/aromatic N) is 4. The van der Waals surface area contributed by atoms with Crippen molar-refractivity contribution in [3.05, 3.63) is 40.1 Å². The van der Waals surface area contributed by atoms with Crippen molar-refractivity contribution in [3.8, 4) is 0 Å². The van der Waals surface area contributed by atoms with E-state index >= 15 is 0 Å². The van der Waals surface area contributed by atoms with E-state index in [0.717, 1.165) is 12.1 Å². The molecule has 0 bridgehead atoms. The highest BCUT2D eigenvalue weighted by molar-refractivity contribution is 5.92. The van der Waals surface area contributed by atoms with Gasteiger partial charge in [-0.1, -0.05) is 0 Å². The second-order valence-corrected chi connectivity index (χ2v) is 5.60. The fourth-order valence-corrected chi connectivity index (χ4v) is 2.62. The van der Waals surface area contributed by atoms with Gasteiger partial charge in [0.1, 0.15) is 5.69 Å². The van der Waals surface area contributed by atoms with Crippen LogP contribution in [0.5, 0.6) is 0 Å². The molecule has 8 heteroatoms. The zero-order valence-corrected chi connectivity index (χ0v) is 12.5. The Morgan fingerprint density at radius 2 is 2.27 bits per heavy atom. The summed E-state index contributed by atoms with van der Waals surface area (Å²) in [5.74, 6) is 0.534. The summed E-state index contributed by atoms with van der Waals surface area (Å²) >= 11 is 0. The van der Waals surface area contributed by atoms with E-state index in [9.17, 15) is 9.59 Å². The van der Waals surface area contributed by atoms with Gasteiger partial charge in [0.25, 0.3) is 11.5 Å². The van der Waals surface area contributed by atoms with Gasteiger partial charge in [0, 0.05) is 45.4 Å². The zero-order chi connectivity index (χ0) is 15.7. The highest BCUT2D eigenvalue weighted by Gasteiger charge is 2.29. The number of aromatic nitrogens is 4. The van der Waals surface area contributed by atoms with Crippen LogP contribution >= 0.6 is 0 Å². The number of rotatable bonds is 3. The molecule has 2 aromatic heterocycles. The Hall–Kier alpha value is -2.64. The lowest BCUT2D eigenvalue weighted by Gasteiger charge is -2.16. The Kier molecular flexibility index (Phi) is 3.66. The summed E-state index contributed by atoms with van der Waals surface area (Å²) < 4.78 is 0. The normalized spacial score (nSPS) is 17.7. The largest absolute Gasteiger partial charge is 0.348 e. The van der Waals surface area contributed by atoms with Gasteiger partial charge in [-0.2, -0.15) is 5.10 Å². The van der Waals surface area contributed by atoms with Crippen molar-refractivity contribution >= 4 is 11.9 Å². The Morgan fingerprint density at radius 3 is 2.95 bits per heavy atom. The number of carbonyl (C=O) groups is 1. The summed E-state index contributed by atoms with van der Waals surface area (Å²) in [6.45, 7) is 1.20. The predicted octanol–water partition coefficient (Wildman–Crippen LogP) is 0.189. The number of nitrogens with one attached hydrogen (secondary N) is 2. The molecular weight excluding hydrogens is 284 g/mol. The first-order chi connectivity index (χ1) is 10.5. The molecule has 1 amide bonds. The first-order valence-corrected chi connectivity index (χ1v) is 7.12. The predicted molar refractivity (Wildman–Crippen MR) is 81.0 cm³/mol. The molecule has 3 rings (SSSR count). The number of aromatic amines is 2. The number of H-pyrrole nitrogens is 2. The van der Waals surface area contributed by atoms with Crippen LogP contribution in [0.15, 0.2) is 23.1 Å². The molecule has 2 N–H and O–H groups in total. The molecule has 1 fully saturated rings. The van der Waals surface area contributed by atoms with Gasteiger partial charge < -0.3 is 9.80 Å². The summed E-state index contributed by atoms with van der Waals surface area (Å²) in [6, 6.07) is 3.17. The van der Waals surface area contributed by atoms with E-state index < -0.39 is 0 Å². The summed E-state index contributed by atoms with van der Waals surface area (Å²) in [7, 11) is 3.65. The zero-order valence-electron chi connectivity index (χ0n) is 12.5. The summed E-state index contributed by atoms with van der Waals surface area (Å²) in [4.78, 5) is 34.7. The van der Waals surface area contributed by atoms with Crippen molar-refractivity contribution in [2.24, 2.45) is 0 Å². The monoisotopic (exact) mass is 302 g/mol. The molecule has 1 aliphatic rings. The van der Waals surface area contributed by atoms with E-state index in [-0.39, 0.29) is 17.4 Å². The van der Waals surface area contributed by atoms with Crippen molar-refractivity contribution in [2.45, 2.75) is 12.3 Å². The minimum Gasteiger partial charge on any atom is -0.348 e. The van der Waals surface area contributed by atoms with Gasteiger partial charge in [-0.15, -0.1) is 0 Å². The first kappa shape index (κ1) is 14.3. The summed E-state index contributed by atoms with van der Waals surface area (Å²) in [5.41, 5.74) is 1.04. The van der Waals surface area contributed by atoms with Crippen LogP contribution in [0.25, 0.3) is 0 Å². The van der Waals surface area contributed by atoms with Gasteiger partial charge >= 0.3 is 0 Å². The molecule has 1 aliphatic heterocycles. The number of carbonyl (C=O) groups excluding carboxylic acids is 1. The Bertz CT molecular complexity index is 721. The van der Waals surface area contributed by atoms with Crippen LogP contribution in [-0.2, 0) is 0 Å². The van der Waals surface area contributed by atoms with Gasteiger partial charge in [-0.3, -0.25) is 19.7 Å². The third kappa shape index (κ3) is 2.72. The van der Waals surface area contributed by atoms with E-state index in [1.165, 1.54) is 6.07 Å². The van der Waals surface area contributed by atoms with Crippen molar-refractivity contribution in [1.82, 2.24) is 25.1 Å². The smallest absolute Gasteiger partial charge is 0.271 e. The van der Waals surface area contributed by atoms with Crippen molar-refractivity contribution in [3.63, 3.8) is 0 Å². The third-order valence-electron chi connectivity index (χ3n) is 3.80. The second-order valence-electron chi connectivity index (χ2n) is 5.60. The Morgan fingerprint density at radius 1 is 1.45 bits per heavy atom. The minimum atomic E-state index is -0.174. The highest BCUT2D eigenvalue weighted by Crippen LogP contribution is 2.26. The molecule has 0 radical (unpaired) electrons. The number of anilines is 1. The average Bonchev–Trinajstić information content (AvgIpc) is 3.17. The molecule has 1 saturated heterocycles. The molecular formula is C14H18N6O2. The molecule has 1 atom stereocenters. The molecule has 0 aliphatic carbocycles. The third-order valence-corrected chi connectivity index (χ3v) is 3.80. The van der Waals surface area contributed by atoms with Gasteiger partial charge in [-0.25, -0.2) is 4.98 Å². The highest BCUT2D eigenvalue weighted by atomic mass is 16.2.